The van der Waals surface area contributed by atoms with E-state index < -0.39 is 11.7 Å². The molecule has 1 aromatic heterocycles. The van der Waals surface area contributed by atoms with Crippen molar-refractivity contribution in [2.45, 2.75) is 12.7 Å². The number of hydrogen-bond acceptors (Lipinski definition) is 4. The van der Waals surface area contributed by atoms with E-state index in [-0.39, 0.29) is 23.9 Å². The summed E-state index contributed by atoms with van der Waals surface area (Å²) in [7, 11) is 0. The number of hydrogen-bond donors (Lipinski definition) is 1. The molecule has 1 aliphatic heterocycles. The van der Waals surface area contributed by atoms with Gasteiger partial charge in [0, 0.05) is 32.7 Å². The summed E-state index contributed by atoms with van der Waals surface area (Å²) in [5, 5.41) is 3.32. The largest absolute Gasteiger partial charge is 0.418 e. The molecule has 0 radical (unpaired) electrons. The van der Waals surface area contributed by atoms with E-state index in [9.17, 15) is 22.4 Å². The van der Waals surface area contributed by atoms with E-state index in [2.05, 4.69) is 10.3 Å². The number of para-hydroxylation sites is 1. The van der Waals surface area contributed by atoms with E-state index in [1.165, 1.54) is 29.5 Å². The third-order valence-corrected chi connectivity index (χ3v) is 5.99. The van der Waals surface area contributed by atoms with Crippen LogP contribution in [0, 0.1) is 5.82 Å². The van der Waals surface area contributed by atoms with Crippen molar-refractivity contribution in [1.82, 2.24) is 15.2 Å². The Morgan fingerprint density at radius 3 is 2.43 bits per heavy atom. The van der Waals surface area contributed by atoms with E-state index in [0.29, 0.717) is 36.0 Å². The number of alkyl halides is 3. The van der Waals surface area contributed by atoms with Gasteiger partial charge in [-0.1, -0.05) is 29.5 Å². The number of halogens is 4. The highest BCUT2D eigenvalue weighted by atomic mass is 32.1. The Hall–Kier alpha value is -2.88. The number of anilines is 1. The number of rotatable bonds is 3. The van der Waals surface area contributed by atoms with Crippen LogP contribution < -0.4 is 10.2 Å². The molecule has 3 aromatic rings. The minimum atomic E-state index is -4.45. The maximum Gasteiger partial charge on any atom is 0.418 e. The summed E-state index contributed by atoms with van der Waals surface area (Å²) in [4.78, 5) is 20.1. The summed E-state index contributed by atoms with van der Waals surface area (Å²) in [6.07, 6.45) is -4.45. The molecule has 10 heteroatoms. The number of urea groups is 1. The summed E-state index contributed by atoms with van der Waals surface area (Å²) < 4.78 is 53.0. The van der Waals surface area contributed by atoms with E-state index in [4.69, 9.17) is 0 Å². The molecule has 5 nitrogen and oxygen atoms in total. The van der Waals surface area contributed by atoms with Crippen LogP contribution in [0.5, 0.6) is 0 Å². The Morgan fingerprint density at radius 1 is 1.07 bits per heavy atom. The van der Waals surface area contributed by atoms with Gasteiger partial charge >= 0.3 is 12.2 Å². The van der Waals surface area contributed by atoms with Crippen LogP contribution in [0.25, 0.3) is 10.2 Å². The molecule has 1 aliphatic rings. The number of nitrogens with one attached hydrogen (secondary N) is 1. The number of carbonyl (C=O) groups is 1. The zero-order valence-electron chi connectivity index (χ0n) is 15.7. The van der Waals surface area contributed by atoms with Crippen molar-refractivity contribution in [3.8, 4) is 0 Å². The van der Waals surface area contributed by atoms with E-state index in [1.54, 1.807) is 23.1 Å². The molecule has 2 amide bonds. The quantitative estimate of drug-likeness (QED) is 0.614. The molecule has 2 heterocycles. The molecule has 4 rings (SSSR count). The zero-order valence-corrected chi connectivity index (χ0v) is 16.6. The fourth-order valence-electron chi connectivity index (χ4n) is 3.29. The number of aromatic nitrogens is 1. The lowest BCUT2D eigenvalue weighted by Crippen LogP contribution is -2.51. The van der Waals surface area contributed by atoms with Crippen molar-refractivity contribution in [3.63, 3.8) is 0 Å². The van der Waals surface area contributed by atoms with Crippen molar-refractivity contribution in [1.29, 1.82) is 0 Å². The van der Waals surface area contributed by atoms with Gasteiger partial charge in [0.15, 0.2) is 5.13 Å². The summed E-state index contributed by atoms with van der Waals surface area (Å²) in [6, 6.07) is 9.70. The molecule has 1 saturated heterocycles. The highest BCUT2D eigenvalue weighted by Crippen LogP contribution is 2.38. The van der Waals surface area contributed by atoms with Crippen LogP contribution in [0.1, 0.15) is 11.1 Å². The molecule has 0 atom stereocenters. The first kappa shape index (κ1) is 20.4. The Labute approximate surface area is 173 Å². The molecule has 0 spiro atoms. The van der Waals surface area contributed by atoms with Crippen LogP contribution in [0.3, 0.4) is 0 Å². The van der Waals surface area contributed by atoms with Gasteiger partial charge in [-0.3, -0.25) is 0 Å². The van der Waals surface area contributed by atoms with Gasteiger partial charge in [-0.05, 0) is 29.8 Å². The second-order valence-corrected chi connectivity index (χ2v) is 7.91. The second kappa shape index (κ2) is 8.10. The van der Waals surface area contributed by atoms with Gasteiger partial charge in [0.25, 0.3) is 0 Å². The minimum absolute atomic E-state index is 0.0375. The predicted octanol–water partition coefficient (Wildman–Crippen LogP) is 4.49. The van der Waals surface area contributed by atoms with Crippen molar-refractivity contribution >= 4 is 32.7 Å². The molecule has 0 aliphatic carbocycles. The summed E-state index contributed by atoms with van der Waals surface area (Å²) >= 11 is 1.22. The fourth-order valence-corrected chi connectivity index (χ4v) is 4.34. The predicted molar refractivity (Wildman–Crippen MR) is 107 cm³/mol. The Kier molecular flexibility index (Phi) is 5.50. The second-order valence-electron chi connectivity index (χ2n) is 6.91. The van der Waals surface area contributed by atoms with Crippen molar-refractivity contribution in [3.05, 3.63) is 59.4 Å². The number of carbonyl (C=O) groups excluding carboxylic acids is 1. The molecule has 1 N–H and O–H groups in total. The molecule has 1 fully saturated rings. The van der Waals surface area contributed by atoms with Crippen molar-refractivity contribution in [2.75, 3.05) is 31.1 Å². The topological polar surface area (TPSA) is 48.5 Å². The lowest BCUT2D eigenvalue weighted by molar-refractivity contribution is -0.136. The van der Waals surface area contributed by atoms with Gasteiger partial charge in [0.05, 0.1) is 15.8 Å². The molecule has 30 heavy (non-hydrogen) atoms. The lowest BCUT2D eigenvalue weighted by atomic mass is 10.2. The van der Waals surface area contributed by atoms with Crippen molar-refractivity contribution in [2.24, 2.45) is 0 Å². The third-order valence-electron chi connectivity index (χ3n) is 4.91. The van der Waals surface area contributed by atoms with Gasteiger partial charge in [-0.15, -0.1) is 0 Å². The number of benzene rings is 2. The average Bonchev–Trinajstić information content (AvgIpc) is 3.17. The molecule has 2 aromatic carbocycles. The van der Waals surface area contributed by atoms with Crippen LogP contribution in [0.15, 0.2) is 42.5 Å². The molecule has 0 bridgehead atoms. The maximum absolute atomic E-state index is 13.2. The highest BCUT2D eigenvalue weighted by Gasteiger charge is 2.34. The first-order valence-electron chi connectivity index (χ1n) is 9.30. The SMILES string of the molecule is O=C(NCc1ccc(F)cc1)N1CCN(c2nc3c(C(F)(F)F)cccc3s2)CC1. The van der Waals surface area contributed by atoms with Gasteiger partial charge in [0.2, 0.25) is 0 Å². The maximum atomic E-state index is 13.2. The summed E-state index contributed by atoms with van der Waals surface area (Å²) in [5.74, 6) is -0.335. The number of thiazole rings is 1. The molecule has 0 unspecified atom stereocenters. The van der Waals surface area contributed by atoms with Crippen LogP contribution in [-0.2, 0) is 12.7 Å². The minimum Gasteiger partial charge on any atom is -0.345 e. The summed E-state index contributed by atoms with van der Waals surface area (Å²) in [6.45, 7) is 2.10. The molecule has 0 saturated carbocycles. The fraction of sp³-hybridized carbons (Fsp3) is 0.300. The van der Waals surface area contributed by atoms with Gasteiger partial charge in [0.1, 0.15) is 5.82 Å². The third kappa shape index (κ3) is 4.33. The highest BCUT2D eigenvalue weighted by molar-refractivity contribution is 7.22. The van der Waals surface area contributed by atoms with Crippen LogP contribution in [-0.4, -0.2) is 42.1 Å². The van der Waals surface area contributed by atoms with Crippen LogP contribution in [0.4, 0.5) is 27.5 Å². The Balaban J connectivity index is 1.37. The first-order valence-corrected chi connectivity index (χ1v) is 10.1. The number of fused-ring (bicyclic) bond motifs is 1. The van der Waals surface area contributed by atoms with Crippen LogP contribution in [0.2, 0.25) is 0 Å². The Morgan fingerprint density at radius 2 is 1.77 bits per heavy atom. The molecular formula is C20H18F4N4OS. The van der Waals surface area contributed by atoms with E-state index >= 15 is 0 Å². The average molecular weight is 438 g/mol. The van der Waals surface area contributed by atoms with E-state index in [1.807, 2.05) is 4.90 Å². The monoisotopic (exact) mass is 438 g/mol. The number of amides is 2. The van der Waals surface area contributed by atoms with E-state index in [0.717, 1.165) is 11.6 Å². The van der Waals surface area contributed by atoms with Gasteiger partial charge < -0.3 is 15.1 Å². The smallest absolute Gasteiger partial charge is 0.345 e. The van der Waals surface area contributed by atoms with Crippen molar-refractivity contribution < 1.29 is 22.4 Å². The standard InChI is InChI=1S/C20H18F4N4OS/c21-14-6-4-13(5-7-14)12-25-18(29)27-8-10-28(11-9-27)19-26-17-15(20(22,23)24)2-1-3-16(17)30-19/h1-7H,8-12H2,(H,25,29). The summed E-state index contributed by atoms with van der Waals surface area (Å²) in [5.41, 5.74) is 0.0177. The normalized spacial score (nSPS) is 14.9. The number of nitrogens with zero attached hydrogens (tertiary/aromatic N) is 3. The van der Waals surface area contributed by atoms with Gasteiger partial charge in [-0.2, -0.15) is 13.2 Å². The zero-order chi connectivity index (χ0) is 21.3. The lowest BCUT2D eigenvalue weighted by Gasteiger charge is -2.34. The number of piperazine rings is 1. The Bertz CT molecular complexity index is 1040. The van der Waals surface area contributed by atoms with Crippen LogP contribution >= 0.6 is 11.3 Å². The van der Waals surface area contributed by atoms with Gasteiger partial charge in [-0.25, -0.2) is 14.2 Å². The molecule has 158 valence electrons. The molecular weight excluding hydrogens is 420 g/mol. The first-order chi connectivity index (χ1) is 14.3.